The number of nitrogens with zero attached hydrogens (tertiary/aromatic N) is 4. The topological polar surface area (TPSA) is 120 Å². The van der Waals surface area contributed by atoms with Gasteiger partial charge in [-0.3, -0.25) is 9.63 Å². The van der Waals surface area contributed by atoms with Crippen LogP contribution in [0.3, 0.4) is 0 Å². The first kappa shape index (κ1) is 27.9. The predicted octanol–water partition coefficient (Wildman–Crippen LogP) is 4.62. The van der Waals surface area contributed by atoms with E-state index in [0.717, 1.165) is 23.1 Å². The summed E-state index contributed by atoms with van der Waals surface area (Å²) in [4.78, 5) is 31.4. The van der Waals surface area contributed by atoms with Gasteiger partial charge in [-0.25, -0.2) is 20.0 Å². The van der Waals surface area contributed by atoms with Crippen LogP contribution in [0.1, 0.15) is 65.8 Å². The molecule has 8 heteroatoms. The quantitative estimate of drug-likeness (QED) is 0.589. The van der Waals surface area contributed by atoms with Crippen molar-refractivity contribution in [2.24, 2.45) is 16.5 Å². The molecule has 1 amide bonds. The van der Waals surface area contributed by atoms with E-state index in [2.05, 4.69) is 15.0 Å². The molecule has 1 aromatic heterocycles. The fraction of sp³-hybridized carbons (Fsp3) is 0.440. The van der Waals surface area contributed by atoms with Crippen LogP contribution in [0.25, 0.3) is 17.2 Å². The van der Waals surface area contributed by atoms with E-state index in [0.29, 0.717) is 42.6 Å². The number of carbonyl (C=O) groups is 1. The van der Waals surface area contributed by atoms with Crippen molar-refractivity contribution in [2.75, 3.05) is 13.2 Å². The number of fused-ring (bicyclic) bond motifs is 1. The largest absolute Gasteiger partial charge is 0.387 e. The van der Waals surface area contributed by atoms with Gasteiger partial charge in [-0.2, -0.15) is 0 Å². The number of aromatic nitrogens is 2. The average Bonchev–Trinajstić information content (AvgIpc) is 3.03. The highest BCUT2D eigenvalue weighted by molar-refractivity contribution is 6.05. The average molecular weight is 455 g/mol. The lowest BCUT2D eigenvalue weighted by atomic mass is 10.0. The summed E-state index contributed by atoms with van der Waals surface area (Å²) in [6.45, 7) is 13.1. The third-order valence-corrected chi connectivity index (χ3v) is 4.43. The monoisotopic (exact) mass is 454 g/mol. The van der Waals surface area contributed by atoms with Crippen molar-refractivity contribution in [3.8, 4) is 11.1 Å². The number of amidine groups is 1. The number of hydroxylamine groups is 2. The molecule has 1 aromatic carbocycles. The van der Waals surface area contributed by atoms with Crippen LogP contribution in [-0.2, 0) is 16.2 Å². The van der Waals surface area contributed by atoms with E-state index >= 15 is 0 Å². The Morgan fingerprint density at radius 3 is 2.33 bits per heavy atom. The van der Waals surface area contributed by atoms with E-state index in [1.54, 1.807) is 12.4 Å². The number of benzene rings is 1. The molecule has 2 heterocycles. The maximum atomic E-state index is 12.9. The zero-order valence-electron chi connectivity index (χ0n) is 20.8. The van der Waals surface area contributed by atoms with Crippen molar-refractivity contribution >= 4 is 23.5 Å². The van der Waals surface area contributed by atoms with Gasteiger partial charge in [-0.15, -0.1) is 0 Å². The number of nitrogens with two attached hydrogens (primary N) is 2. The molecule has 0 saturated heterocycles. The lowest BCUT2D eigenvalue weighted by Crippen LogP contribution is -2.34. The van der Waals surface area contributed by atoms with Crippen LogP contribution in [-0.4, -0.2) is 39.9 Å². The van der Waals surface area contributed by atoms with Crippen LogP contribution in [0.15, 0.2) is 41.2 Å². The van der Waals surface area contributed by atoms with Crippen LogP contribution in [0.4, 0.5) is 5.69 Å². The van der Waals surface area contributed by atoms with E-state index in [1.165, 1.54) is 5.06 Å². The SMILES string of the molecule is CC.CC.CCCN(OCC)C(=O)C1=Cc2ccc(-c3cnc(CN)nc3)cc2N=C(N)C1. The minimum absolute atomic E-state index is 0.186. The van der Waals surface area contributed by atoms with E-state index in [9.17, 15) is 4.79 Å². The van der Waals surface area contributed by atoms with Gasteiger partial charge in [0, 0.05) is 42.1 Å². The van der Waals surface area contributed by atoms with Gasteiger partial charge in [0.25, 0.3) is 5.91 Å². The van der Waals surface area contributed by atoms with E-state index in [1.807, 2.05) is 65.8 Å². The number of aliphatic imine (C=N–C) groups is 1. The zero-order valence-corrected chi connectivity index (χ0v) is 20.8. The molecule has 0 aliphatic carbocycles. The fourth-order valence-electron chi connectivity index (χ4n) is 3.06. The minimum atomic E-state index is -0.186. The smallest absolute Gasteiger partial charge is 0.273 e. The molecule has 0 saturated carbocycles. The third kappa shape index (κ3) is 7.76. The number of amides is 1. The molecule has 1 aliphatic rings. The molecule has 0 unspecified atom stereocenters. The molecular weight excluding hydrogens is 416 g/mol. The highest BCUT2D eigenvalue weighted by Gasteiger charge is 2.22. The van der Waals surface area contributed by atoms with E-state index in [4.69, 9.17) is 16.3 Å². The summed E-state index contributed by atoms with van der Waals surface area (Å²) in [6.07, 6.45) is 6.37. The molecule has 8 nitrogen and oxygen atoms in total. The van der Waals surface area contributed by atoms with Gasteiger partial charge in [0.05, 0.1) is 18.8 Å². The van der Waals surface area contributed by atoms with Gasteiger partial charge in [0.2, 0.25) is 0 Å². The van der Waals surface area contributed by atoms with Crippen LogP contribution < -0.4 is 11.5 Å². The Hall–Kier alpha value is -3.10. The Kier molecular flexibility index (Phi) is 12.6. The number of hydrogen-bond acceptors (Lipinski definition) is 7. The van der Waals surface area contributed by atoms with Crippen molar-refractivity contribution in [1.82, 2.24) is 15.0 Å². The first-order valence-electron chi connectivity index (χ1n) is 11.7. The van der Waals surface area contributed by atoms with Crippen molar-refractivity contribution in [3.63, 3.8) is 0 Å². The van der Waals surface area contributed by atoms with Gasteiger partial charge >= 0.3 is 0 Å². The van der Waals surface area contributed by atoms with Crippen molar-refractivity contribution in [3.05, 3.63) is 47.6 Å². The predicted molar refractivity (Wildman–Crippen MR) is 136 cm³/mol. The molecule has 3 rings (SSSR count). The second kappa shape index (κ2) is 14.9. The number of carbonyl (C=O) groups excluding carboxylic acids is 1. The van der Waals surface area contributed by atoms with Gasteiger partial charge < -0.3 is 11.5 Å². The Morgan fingerprint density at radius 2 is 1.76 bits per heavy atom. The summed E-state index contributed by atoms with van der Waals surface area (Å²) in [5.74, 6) is 0.778. The second-order valence-electron chi connectivity index (χ2n) is 6.64. The summed E-state index contributed by atoms with van der Waals surface area (Å²) >= 11 is 0. The van der Waals surface area contributed by atoms with Gasteiger partial charge in [0.1, 0.15) is 11.7 Å². The Bertz CT molecular complexity index is 932. The number of rotatable bonds is 7. The summed E-state index contributed by atoms with van der Waals surface area (Å²) in [5, 5.41) is 1.40. The molecule has 0 radical (unpaired) electrons. The molecule has 33 heavy (non-hydrogen) atoms. The summed E-state index contributed by atoms with van der Waals surface area (Å²) in [6, 6.07) is 5.78. The molecule has 180 valence electrons. The molecule has 4 N–H and O–H groups in total. The van der Waals surface area contributed by atoms with Crippen LogP contribution in [0.5, 0.6) is 0 Å². The normalized spacial score (nSPS) is 12.0. The summed E-state index contributed by atoms with van der Waals surface area (Å²) in [5.41, 5.74) is 15.5. The highest BCUT2D eigenvalue weighted by Crippen LogP contribution is 2.31. The van der Waals surface area contributed by atoms with Gasteiger partial charge in [-0.05, 0) is 31.1 Å². The Balaban J connectivity index is 0.00000129. The Morgan fingerprint density at radius 1 is 1.09 bits per heavy atom. The van der Waals surface area contributed by atoms with Crippen LogP contribution in [0, 0.1) is 0 Å². The first-order chi connectivity index (χ1) is 16.0. The molecule has 2 aromatic rings. The minimum Gasteiger partial charge on any atom is -0.387 e. The lowest BCUT2D eigenvalue weighted by Gasteiger charge is -2.21. The van der Waals surface area contributed by atoms with Gasteiger partial charge in [0.15, 0.2) is 0 Å². The van der Waals surface area contributed by atoms with Crippen molar-refractivity contribution < 1.29 is 9.63 Å². The fourth-order valence-corrected chi connectivity index (χ4v) is 3.06. The maximum absolute atomic E-state index is 12.9. The molecule has 0 fully saturated rings. The maximum Gasteiger partial charge on any atom is 0.273 e. The molecule has 0 bridgehead atoms. The third-order valence-electron chi connectivity index (χ3n) is 4.43. The molecule has 0 atom stereocenters. The number of hydrogen-bond donors (Lipinski definition) is 2. The molecular formula is C25H38N6O2. The van der Waals surface area contributed by atoms with E-state index < -0.39 is 0 Å². The standard InChI is InChI=1S/C21H26N6O2.2C2H6/c1-3-7-27(29-4-2)21(28)16-8-15-6-5-14(9-18(15)26-19(23)10-16)17-12-24-20(11-22)25-13-17;2*1-2/h5-6,8-9,12-13H,3-4,7,10-11,22H2,1-2H3,(H2,23,26);2*1-2H3. The van der Waals surface area contributed by atoms with Gasteiger partial charge in [-0.1, -0.05) is 46.8 Å². The second-order valence-corrected chi connectivity index (χ2v) is 6.64. The molecule has 0 spiro atoms. The highest BCUT2D eigenvalue weighted by atomic mass is 16.7. The van der Waals surface area contributed by atoms with E-state index in [-0.39, 0.29) is 12.3 Å². The summed E-state index contributed by atoms with van der Waals surface area (Å²) in [7, 11) is 0. The van der Waals surface area contributed by atoms with Crippen LogP contribution >= 0.6 is 0 Å². The summed E-state index contributed by atoms with van der Waals surface area (Å²) < 4.78 is 0. The zero-order chi connectivity index (χ0) is 24.8. The first-order valence-corrected chi connectivity index (χ1v) is 11.7. The molecule has 1 aliphatic heterocycles. The lowest BCUT2D eigenvalue weighted by molar-refractivity contribution is -0.180. The van der Waals surface area contributed by atoms with Crippen molar-refractivity contribution in [1.29, 1.82) is 0 Å². The Labute approximate surface area is 197 Å². The van der Waals surface area contributed by atoms with Crippen molar-refractivity contribution in [2.45, 2.75) is 60.9 Å². The van der Waals surface area contributed by atoms with Crippen LogP contribution in [0.2, 0.25) is 0 Å².